The second-order valence-corrected chi connectivity index (χ2v) is 2.31. The summed E-state index contributed by atoms with van der Waals surface area (Å²) in [7, 11) is -3.88. The average molecular weight is 319 g/mol. The molecule has 5 heteroatoms. The van der Waals surface area contributed by atoms with Crippen LogP contribution in [0.5, 0.6) is 0 Å². The van der Waals surface area contributed by atoms with Crippen molar-refractivity contribution in [2.45, 2.75) is 0 Å². The second-order valence-electron chi connectivity index (χ2n) is 0.772. The summed E-state index contributed by atoms with van der Waals surface area (Å²) in [6, 6.07) is 0. The molecule has 0 fully saturated rings. The molecule has 0 aromatic carbocycles. The summed E-state index contributed by atoms with van der Waals surface area (Å²) in [5.74, 6) is 0.604. The summed E-state index contributed by atoms with van der Waals surface area (Å²) < 4.78 is 9.58. The molecule has 0 saturated carbocycles. The molecule has 7 heavy (non-hydrogen) atoms. The summed E-state index contributed by atoms with van der Waals surface area (Å²) in [5.41, 5.74) is 0. The maximum absolute atomic E-state index is 9.58. The van der Waals surface area contributed by atoms with E-state index in [1.807, 2.05) is 0 Å². The van der Waals surface area contributed by atoms with Gasteiger partial charge in [0.2, 0.25) is 0 Å². The first-order chi connectivity index (χ1) is 2.56. The van der Waals surface area contributed by atoms with Crippen molar-refractivity contribution in [3.05, 3.63) is 12.4 Å². The van der Waals surface area contributed by atoms with E-state index in [0.717, 1.165) is 0 Å². The van der Waals surface area contributed by atoms with Gasteiger partial charge in [-0.25, -0.2) is 0 Å². The van der Waals surface area contributed by atoms with E-state index in [1.165, 1.54) is 0 Å². The fraction of sp³-hybridized carbons (Fsp3) is 0. The van der Waals surface area contributed by atoms with Crippen LogP contribution in [-0.4, -0.2) is 36.4 Å². The quantitative estimate of drug-likeness (QED) is 0.634. The average Bonchev–Trinajstić information content (AvgIpc) is 1.35. The van der Waals surface area contributed by atoms with Gasteiger partial charge in [0.05, 0.1) is 0 Å². The Balaban J connectivity index is 0. The van der Waals surface area contributed by atoms with E-state index in [2.05, 4.69) is 6.58 Å². The normalized spacial score (nSPS) is 9.43. The summed E-state index contributed by atoms with van der Waals surface area (Å²) in [6.07, 6.45) is 0. The van der Waals surface area contributed by atoms with Crippen LogP contribution in [0.25, 0.3) is 0 Å². The Labute approximate surface area is 61.1 Å². The van der Waals surface area contributed by atoms with Gasteiger partial charge in [-0.15, -0.1) is 0 Å². The molecule has 0 spiro atoms. The minimum atomic E-state index is -3.88. The second kappa shape index (κ2) is 3.75. The van der Waals surface area contributed by atoms with Gasteiger partial charge in [0.15, 0.2) is 0 Å². The molecule has 0 rings (SSSR count). The topological polar surface area (TPSA) is 57.5 Å². The van der Waals surface area contributed by atoms with Crippen LogP contribution in [0, 0.1) is 0 Å². The Morgan fingerprint density at radius 1 is 1.57 bits per heavy atom. The standard InChI is InChI=1S/C2H5O3P.Po.2H/c1-2-6(3,4)5;;;/h2H,1H2,(H2,3,4,5);;;. The van der Waals surface area contributed by atoms with Gasteiger partial charge in [0.1, 0.15) is 0 Å². The van der Waals surface area contributed by atoms with Gasteiger partial charge in [-0.3, -0.25) is 4.57 Å². The van der Waals surface area contributed by atoms with Crippen LogP contribution in [0.3, 0.4) is 0 Å². The predicted octanol–water partition coefficient (Wildman–Crippen LogP) is -0.609. The molecular weight excluding hydrogens is 312 g/mol. The fourth-order valence-electron chi connectivity index (χ4n) is 0. The first-order valence-corrected chi connectivity index (χ1v) is 2.93. The van der Waals surface area contributed by atoms with Crippen molar-refractivity contribution in [2.24, 2.45) is 0 Å². The molecule has 0 heterocycles. The van der Waals surface area contributed by atoms with Crippen LogP contribution in [0.4, 0.5) is 0 Å². The molecule has 2 N–H and O–H groups in total. The zero-order valence-electron chi connectivity index (χ0n) is 3.53. The molecular formula is C2H7O3PPo. The molecule has 0 bridgehead atoms. The zero-order valence-corrected chi connectivity index (χ0v) is 8.32. The third-order valence-corrected chi connectivity index (χ3v) is 0.714. The van der Waals surface area contributed by atoms with Crippen LogP contribution < -0.4 is 0 Å². The molecule has 0 aromatic heterocycles. The SMILES string of the molecule is C=CP(=O)(O)O.[PoH2]. The Bertz CT molecular complexity index is 95.1. The van der Waals surface area contributed by atoms with Crippen LogP contribution in [0.15, 0.2) is 12.4 Å². The zero-order chi connectivity index (χ0) is 5.21. The molecule has 0 unspecified atom stereocenters. The number of rotatable bonds is 1. The van der Waals surface area contributed by atoms with E-state index in [0.29, 0.717) is 5.82 Å². The summed E-state index contributed by atoms with van der Waals surface area (Å²) >= 11 is 0. The van der Waals surface area contributed by atoms with Crippen LogP contribution in [-0.2, 0) is 4.57 Å². The van der Waals surface area contributed by atoms with Gasteiger partial charge in [0, 0.05) is 5.82 Å². The summed E-state index contributed by atoms with van der Waals surface area (Å²) in [4.78, 5) is 15.6. The third-order valence-electron chi connectivity index (χ3n) is 0.238. The third kappa shape index (κ3) is 10.8. The first-order valence-electron chi connectivity index (χ1n) is 1.25. The first kappa shape index (κ1) is 10.7. The van der Waals surface area contributed by atoms with E-state index in [4.69, 9.17) is 9.79 Å². The van der Waals surface area contributed by atoms with Gasteiger partial charge in [-0.2, -0.15) is 0 Å². The molecule has 0 aromatic rings. The summed E-state index contributed by atoms with van der Waals surface area (Å²) in [5, 5.41) is 0. The van der Waals surface area contributed by atoms with Gasteiger partial charge in [-0.1, -0.05) is 6.58 Å². The summed E-state index contributed by atoms with van der Waals surface area (Å²) in [6.45, 7) is 2.87. The van der Waals surface area contributed by atoms with Crippen molar-refractivity contribution < 1.29 is 14.4 Å². The Morgan fingerprint density at radius 3 is 1.71 bits per heavy atom. The molecule has 0 aliphatic carbocycles. The van der Waals surface area contributed by atoms with Gasteiger partial charge in [-0.05, 0) is 0 Å². The van der Waals surface area contributed by atoms with E-state index < -0.39 is 7.60 Å². The molecule has 44 valence electrons. The molecule has 0 atom stereocenters. The Hall–Kier alpha value is 0.786. The van der Waals surface area contributed by atoms with Crippen molar-refractivity contribution in [2.75, 3.05) is 0 Å². The maximum atomic E-state index is 9.58. The molecule has 3 nitrogen and oxygen atoms in total. The van der Waals surface area contributed by atoms with Crippen molar-refractivity contribution in [1.29, 1.82) is 0 Å². The van der Waals surface area contributed by atoms with Crippen molar-refractivity contribution >= 4 is 34.2 Å². The molecule has 0 aliphatic heterocycles. The van der Waals surface area contributed by atoms with E-state index in [1.54, 1.807) is 0 Å². The number of hydrogen-bond donors (Lipinski definition) is 2. The predicted molar refractivity (Wildman–Crippen MR) is 30.8 cm³/mol. The molecule has 0 aliphatic rings. The fourth-order valence-corrected chi connectivity index (χ4v) is 0. The van der Waals surface area contributed by atoms with Crippen molar-refractivity contribution in [3.63, 3.8) is 0 Å². The van der Waals surface area contributed by atoms with E-state index in [9.17, 15) is 4.57 Å². The Kier molecular flexibility index (Phi) is 5.73. The van der Waals surface area contributed by atoms with Gasteiger partial charge >= 0.3 is 34.2 Å². The number of hydrogen-bond acceptors (Lipinski definition) is 1. The van der Waals surface area contributed by atoms with Gasteiger partial charge < -0.3 is 9.79 Å². The minimum absolute atomic E-state index is 0. The molecule has 0 amide bonds. The van der Waals surface area contributed by atoms with Gasteiger partial charge in [0.25, 0.3) is 0 Å². The van der Waals surface area contributed by atoms with E-state index >= 15 is 0 Å². The van der Waals surface area contributed by atoms with Crippen LogP contribution >= 0.6 is 7.60 Å². The molecule has 0 saturated heterocycles. The van der Waals surface area contributed by atoms with Crippen molar-refractivity contribution in [3.8, 4) is 0 Å². The Morgan fingerprint density at radius 2 is 1.71 bits per heavy atom. The monoisotopic (exact) mass is 319 g/mol. The van der Waals surface area contributed by atoms with Crippen molar-refractivity contribution in [1.82, 2.24) is 0 Å². The van der Waals surface area contributed by atoms with Crippen LogP contribution in [0.1, 0.15) is 0 Å². The van der Waals surface area contributed by atoms with E-state index in [-0.39, 0.29) is 26.6 Å². The van der Waals surface area contributed by atoms with Crippen LogP contribution in [0.2, 0.25) is 0 Å². The molecule has 0 radical (unpaired) electrons.